The highest BCUT2D eigenvalue weighted by molar-refractivity contribution is 5.34. The average molecular weight is 354 g/mol. The number of methoxy groups -OCH3 is 1. The lowest BCUT2D eigenvalue weighted by molar-refractivity contribution is 0.127. The number of hydrogen-bond donors (Lipinski definition) is 2. The van der Waals surface area contributed by atoms with Crippen molar-refractivity contribution >= 4 is 0 Å². The molecular formula is C22H27FN2O. The lowest BCUT2D eigenvalue weighted by Gasteiger charge is -2.47. The van der Waals surface area contributed by atoms with Crippen LogP contribution in [0.4, 0.5) is 4.39 Å². The second-order valence-corrected chi connectivity index (χ2v) is 7.54. The molecule has 2 bridgehead atoms. The molecule has 2 N–H and O–H groups in total. The Morgan fingerprint density at radius 3 is 2.81 bits per heavy atom. The molecule has 1 aliphatic heterocycles. The Balaban J connectivity index is 1.56. The highest BCUT2D eigenvalue weighted by atomic mass is 19.1. The van der Waals surface area contributed by atoms with Gasteiger partial charge >= 0.3 is 0 Å². The van der Waals surface area contributed by atoms with Crippen molar-refractivity contribution in [2.45, 2.75) is 50.4 Å². The molecule has 0 amide bonds. The molecule has 0 radical (unpaired) electrons. The van der Waals surface area contributed by atoms with Gasteiger partial charge in [-0.3, -0.25) is 0 Å². The molecule has 1 aliphatic carbocycles. The SMILES string of the molecule is COc1ccc(F)cc1CNC1C2CCCC(C2)NC1c1ccccc1. The van der Waals surface area contributed by atoms with E-state index >= 15 is 0 Å². The van der Waals surface area contributed by atoms with Crippen molar-refractivity contribution in [1.82, 2.24) is 10.6 Å². The molecule has 1 heterocycles. The minimum Gasteiger partial charge on any atom is -0.496 e. The summed E-state index contributed by atoms with van der Waals surface area (Å²) in [7, 11) is 1.64. The maximum Gasteiger partial charge on any atom is 0.123 e. The summed E-state index contributed by atoms with van der Waals surface area (Å²) < 4.78 is 19.1. The van der Waals surface area contributed by atoms with Gasteiger partial charge in [0.1, 0.15) is 11.6 Å². The van der Waals surface area contributed by atoms with Crippen molar-refractivity contribution in [3.05, 3.63) is 65.5 Å². The van der Waals surface area contributed by atoms with Crippen LogP contribution in [0.2, 0.25) is 0 Å². The normalized spacial score (nSPS) is 27.9. The highest BCUT2D eigenvalue weighted by Gasteiger charge is 2.39. The zero-order valence-electron chi connectivity index (χ0n) is 15.2. The fourth-order valence-corrected chi connectivity index (χ4v) is 4.70. The van der Waals surface area contributed by atoms with Crippen molar-refractivity contribution in [1.29, 1.82) is 0 Å². The first-order valence-electron chi connectivity index (χ1n) is 9.61. The molecule has 4 heteroatoms. The first-order chi connectivity index (χ1) is 12.7. The summed E-state index contributed by atoms with van der Waals surface area (Å²) >= 11 is 0. The molecule has 4 atom stereocenters. The van der Waals surface area contributed by atoms with Crippen molar-refractivity contribution in [2.24, 2.45) is 5.92 Å². The van der Waals surface area contributed by atoms with Crippen molar-refractivity contribution in [2.75, 3.05) is 7.11 Å². The Hall–Kier alpha value is -1.91. The van der Waals surface area contributed by atoms with E-state index in [0.717, 1.165) is 11.3 Å². The van der Waals surface area contributed by atoms with E-state index < -0.39 is 0 Å². The summed E-state index contributed by atoms with van der Waals surface area (Å²) in [6.07, 6.45) is 5.04. The Labute approximate surface area is 155 Å². The van der Waals surface area contributed by atoms with E-state index in [2.05, 4.69) is 41.0 Å². The third kappa shape index (κ3) is 3.62. The van der Waals surface area contributed by atoms with Gasteiger partial charge in [0.05, 0.1) is 7.11 Å². The van der Waals surface area contributed by atoms with E-state index in [1.807, 2.05) is 0 Å². The minimum absolute atomic E-state index is 0.221. The zero-order valence-corrected chi connectivity index (χ0v) is 15.2. The number of ether oxygens (including phenoxy) is 1. The largest absolute Gasteiger partial charge is 0.496 e. The van der Waals surface area contributed by atoms with Gasteiger partial charge in [0.25, 0.3) is 0 Å². The van der Waals surface area contributed by atoms with Crippen LogP contribution in [-0.4, -0.2) is 19.2 Å². The minimum atomic E-state index is -0.221. The predicted octanol–water partition coefficient (Wildman–Crippen LogP) is 4.20. The van der Waals surface area contributed by atoms with Gasteiger partial charge in [-0.05, 0) is 48.9 Å². The summed E-state index contributed by atoms with van der Waals surface area (Å²) in [5, 5.41) is 7.59. The monoisotopic (exact) mass is 354 g/mol. The number of halogens is 1. The van der Waals surface area contributed by atoms with Crippen LogP contribution in [0.5, 0.6) is 5.75 Å². The maximum atomic E-state index is 13.7. The summed E-state index contributed by atoms with van der Waals surface area (Å²) in [4.78, 5) is 0. The van der Waals surface area contributed by atoms with E-state index in [4.69, 9.17) is 4.74 Å². The Morgan fingerprint density at radius 2 is 2.00 bits per heavy atom. The van der Waals surface area contributed by atoms with Crippen LogP contribution in [0.3, 0.4) is 0 Å². The van der Waals surface area contributed by atoms with Gasteiger partial charge in [-0.1, -0.05) is 36.8 Å². The lowest BCUT2D eigenvalue weighted by Crippen LogP contribution is -2.56. The maximum absolute atomic E-state index is 13.7. The van der Waals surface area contributed by atoms with Gasteiger partial charge in [-0.2, -0.15) is 0 Å². The molecule has 1 saturated heterocycles. The van der Waals surface area contributed by atoms with Crippen LogP contribution >= 0.6 is 0 Å². The Morgan fingerprint density at radius 1 is 1.15 bits per heavy atom. The number of hydrogen-bond acceptors (Lipinski definition) is 3. The lowest BCUT2D eigenvalue weighted by atomic mass is 9.73. The number of piperidine rings is 1. The highest BCUT2D eigenvalue weighted by Crippen LogP contribution is 2.38. The summed E-state index contributed by atoms with van der Waals surface area (Å²) in [6, 6.07) is 16.6. The molecule has 2 fully saturated rings. The Kier molecular flexibility index (Phi) is 5.23. The quantitative estimate of drug-likeness (QED) is 0.844. The van der Waals surface area contributed by atoms with Crippen molar-refractivity contribution < 1.29 is 9.13 Å². The Bertz CT molecular complexity index is 736. The number of fused-ring (bicyclic) bond motifs is 2. The molecule has 2 aromatic carbocycles. The van der Waals surface area contributed by atoms with Crippen molar-refractivity contribution in [3.63, 3.8) is 0 Å². The van der Waals surface area contributed by atoms with E-state index in [9.17, 15) is 4.39 Å². The predicted molar refractivity (Wildman–Crippen MR) is 102 cm³/mol. The number of benzene rings is 2. The van der Waals surface area contributed by atoms with Gasteiger partial charge in [-0.25, -0.2) is 4.39 Å². The zero-order chi connectivity index (χ0) is 17.9. The molecule has 2 aliphatic rings. The number of rotatable bonds is 5. The first kappa shape index (κ1) is 17.5. The molecule has 1 saturated carbocycles. The molecule has 0 aromatic heterocycles. The number of nitrogens with one attached hydrogen (secondary N) is 2. The van der Waals surface area contributed by atoms with Gasteiger partial charge in [-0.15, -0.1) is 0 Å². The summed E-state index contributed by atoms with van der Waals surface area (Å²) in [5.74, 6) is 1.17. The summed E-state index contributed by atoms with van der Waals surface area (Å²) in [6.45, 7) is 0.609. The van der Waals surface area contributed by atoms with E-state index in [0.29, 0.717) is 30.6 Å². The second kappa shape index (κ2) is 7.77. The molecule has 2 aromatic rings. The molecule has 4 rings (SSSR count). The van der Waals surface area contributed by atoms with Crippen LogP contribution in [-0.2, 0) is 6.54 Å². The average Bonchev–Trinajstić information content (AvgIpc) is 2.68. The van der Waals surface area contributed by atoms with Crippen LogP contribution < -0.4 is 15.4 Å². The first-order valence-corrected chi connectivity index (χ1v) is 9.61. The van der Waals surface area contributed by atoms with E-state index in [-0.39, 0.29) is 5.82 Å². The van der Waals surface area contributed by atoms with Gasteiger partial charge in [0, 0.05) is 30.2 Å². The van der Waals surface area contributed by atoms with Crippen LogP contribution in [0.15, 0.2) is 48.5 Å². The molecule has 26 heavy (non-hydrogen) atoms. The standard InChI is InChI=1S/C22H27FN2O/c1-26-20-11-10-18(23)12-17(20)14-24-21-16-8-5-9-19(13-16)25-22(21)15-6-3-2-4-7-15/h2-4,6-7,10-12,16,19,21-22,24-25H,5,8-9,13-14H2,1H3. The molecule has 138 valence electrons. The fourth-order valence-electron chi connectivity index (χ4n) is 4.70. The topological polar surface area (TPSA) is 33.3 Å². The van der Waals surface area contributed by atoms with E-state index in [1.165, 1.54) is 37.3 Å². The second-order valence-electron chi connectivity index (χ2n) is 7.54. The van der Waals surface area contributed by atoms with Crippen LogP contribution in [0, 0.1) is 11.7 Å². The third-order valence-corrected chi connectivity index (χ3v) is 5.93. The van der Waals surface area contributed by atoms with Gasteiger partial charge in [0.2, 0.25) is 0 Å². The molecule has 3 nitrogen and oxygen atoms in total. The van der Waals surface area contributed by atoms with Crippen LogP contribution in [0.25, 0.3) is 0 Å². The van der Waals surface area contributed by atoms with E-state index in [1.54, 1.807) is 19.2 Å². The fraction of sp³-hybridized carbons (Fsp3) is 0.455. The molecular weight excluding hydrogens is 327 g/mol. The van der Waals surface area contributed by atoms with Crippen LogP contribution in [0.1, 0.15) is 42.9 Å². The molecule has 0 spiro atoms. The third-order valence-electron chi connectivity index (χ3n) is 5.93. The van der Waals surface area contributed by atoms with Gasteiger partial charge in [0.15, 0.2) is 0 Å². The smallest absolute Gasteiger partial charge is 0.123 e. The van der Waals surface area contributed by atoms with Gasteiger partial charge < -0.3 is 15.4 Å². The summed E-state index contributed by atoms with van der Waals surface area (Å²) in [5.41, 5.74) is 2.20. The van der Waals surface area contributed by atoms with Crippen molar-refractivity contribution in [3.8, 4) is 5.75 Å². The molecule has 4 unspecified atom stereocenters.